The Balaban J connectivity index is 2.78. The maximum Gasteiger partial charge on any atom is 0.155 e. The summed E-state index contributed by atoms with van der Waals surface area (Å²) in [5.74, 6) is 0.410. The van der Waals surface area contributed by atoms with Gasteiger partial charge in [-0.3, -0.25) is 0 Å². The minimum atomic E-state index is 0.410. The Labute approximate surface area is 82.1 Å². The summed E-state index contributed by atoms with van der Waals surface area (Å²) in [7, 11) is 0. The highest BCUT2D eigenvalue weighted by molar-refractivity contribution is 6.30. The van der Waals surface area contributed by atoms with E-state index in [0.717, 1.165) is 11.1 Å². The van der Waals surface area contributed by atoms with Crippen molar-refractivity contribution in [1.82, 2.24) is 9.61 Å². The Kier molecular flexibility index (Phi) is 2.00. The summed E-state index contributed by atoms with van der Waals surface area (Å²) in [5, 5.41) is 4.83. The first-order valence-corrected chi connectivity index (χ1v) is 4.70. The molecule has 3 heteroatoms. The largest absolute Gasteiger partial charge is 0.239 e. The molecule has 0 saturated carbocycles. The molecule has 0 atom stereocenters. The molecule has 0 spiro atoms. The third kappa shape index (κ3) is 1.31. The van der Waals surface area contributed by atoms with Crippen molar-refractivity contribution in [1.29, 1.82) is 0 Å². The van der Waals surface area contributed by atoms with Crippen LogP contribution in [0.25, 0.3) is 5.52 Å². The highest BCUT2D eigenvalue weighted by atomic mass is 35.5. The first-order chi connectivity index (χ1) is 6.20. The van der Waals surface area contributed by atoms with E-state index in [-0.39, 0.29) is 0 Å². The van der Waals surface area contributed by atoms with Gasteiger partial charge in [-0.15, -0.1) is 0 Å². The summed E-state index contributed by atoms with van der Waals surface area (Å²) in [6.45, 7) is 4.24. The van der Waals surface area contributed by atoms with Gasteiger partial charge in [-0.25, -0.2) is 4.52 Å². The number of nitrogens with zero attached hydrogens (tertiary/aromatic N) is 2. The molecule has 0 aliphatic carbocycles. The lowest BCUT2D eigenvalue weighted by atomic mass is 10.1. The van der Waals surface area contributed by atoms with Gasteiger partial charge in [-0.2, -0.15) is 5.10 Å². The SMILES string of the molecule is CC(C)c1c(Cl)nn2ccccc12. The molecule has 0 bridgehead atoms. The third-order valence-corrected chi connectivity index (χ3v) is 2.39. The first kappa shape index (κ1) is 8.57. The summed E-state index contributed by atoms with van der Waals surface area (Å²) >= 11 is 6.03. The van der Waals surface area contributed by atoms with Gasteiger partial charge in [0.1, 0.15) is 0 Å². The lowest BCUT2D eigenvalue weighted by Gasteiger charge is -2.01. The Hall–Kier alpha value is -1.02. The van der Waals surface area contributed by atoms with Crippen LogP contribution in [-0.2, 0) is 0 Å². The topological polar surface area (TPSA) is 17.3 Å². The van der Waals surface area contributed by atoms with Crippen molar-refractivity contribution in [3.8, 4) is 0 Å². The van der Waals surface area contributed by atoms with Gasteiger partial charge in [0, 0.05) is 11.8 Å². The predicted octanol–water partition coefficient (Wildman–Crippen LogP) is 3.11. The Morgan fingerprint density at radius 2 is 2.15 bits per heavy atom. The summed E-state index contributed by atoms with van der Waals surface area (Å²) in [6, 6.07) is 5.98. The Bertz CT molecular complexity index is 431. The van der Waals surface area contributed by atoms with Crippen LogP contribution >= 0.6 is 11.6 Å². The predicted molar refractivity (Wildman–Crippen MR) is 54.3 cm³/mol. The molecule has 2 nitrogen and oxygen atoms in total. The fourth-order valence-electron chi connectivity index (χ4n) is 1.52. The molecule has 2 rings (SSSR count). The highest BCUT2D eigenvalue weighted by Gasteiger charge is 2.12. The van der Waals surface area contributed by atoms with Crippen LogP contribution in [-0.4, -0.2) is 9.61 Å². The van der Waals surface area contributed by atoms with Crippen LogP contribution < -0.4 is 0 Å². The van der Waals surface area contributed by atoms with Gasteiger partial charge in [0.05, 0.1) is 5.52 Å². The lowest BCUT2D eigenvalue weighted by Crippen LogP contribution is -1.87. The second-order valence-electron chi connectivity index (χ2n) is 3.39. The van der Waals surface area contributed by atoms with Gasteiger partial charge in [0.25, 0.3) is 0 Å². The molecule has 13 heavy (non-hydrogen) atoms. The Morgan fingerprint density at radius 1 is 1.38 bits per heavy atom. The number of fused-ring (bicyclic) bond motifs is 1. The molecule has 0 fully saturated rings. The van der Waals surface area contributed by atoms with E-state index in [1.54, 1.807) is 0 Å². The zero-order valence-electron chi connectivity index (χ0n) is 7.66. The Morgan fingerprint density at radius 3 is 2.85 bits per heavy atom. The molecule has 2 aromatic rings. The molecule has 68 valence electrons. The van der Waals surface area contributed by atoms with E-state index < -0.39 is 0 Å². The molecule has 2 heterocycles. The lowest BCUT2D eigenvalue weighted by molar-refractivity contribution is 0.876. The molecule has 0 saturated heterocycles. The normalized spacial score (nSPS) is 11.4. The van der Waals surface area contributed by atoms with Crippen LogP contribution in [0.4, 0.5) is 0 Å². The van der Waals surface area contributed by atoms with Gasteiger partial charge in [0.2, 0.25) is 0 Å². The van der Waals surface area contributed by atoms with Gasteiger partial charge in [-0.05, 0) is 18.1 Å². The number of rotatable bonds is 1. The molecule has 0 amide bonds. The van der Waals surface area contributed by atoms with E-state index in [1.165, 1.54) is 0 Å². The fourth-order valence-corrected chi connectivity index (χ4v) is 1.92. The molecule has 0 aromatic carbocycles. The van der Waals surface area contributed by atoms with Crippen LogP contribution in [0.15, 0.2) is 24.4 Å². The maximum absolute atomic E-state index is 6.03. The second-order valence-corrected chi connectivity index (χ2v) is 3.75. The number of pyridine rings is 1. The molecule has 0 aliphatic heterocycles. The average molecular weight is 195 g/mol. The minimum absolute atomic E-state index is 0.410. The second kappa shape index (κ2) is 3.04. The van der Waals surface area contributed by atoms with E-state index in [9.17, 15) is 0 Å². The summed E-state index contributed by atoms with van der Waals surface area (Å²) in [6.07, 6.45) is 1.91. The minimum Gasteiger partial charge on any atom is -0.239 e. The summed E-state index contributed by atoms with van der Waals surface area (Å²) in [5.41, 5.74) is 2.23. The van der Waals surface area contributed by atoms with Crippen molar-refractivity contribution < 1.29 is 0 Å². The molecule has 2 aromatic heterocycles. The average Bonchev–Trinajstić information content (AvgIpc) is 2.39. The van der Waals surface area contributed by atoms with Crippen molar-refractivity contribution in [2.45, 2.75) is 19.8 Å². The van der Waals surface area contributed by atoms with Crippen molar-refractivity contribution >= 4 is 17.1 Å². The van der Waals surface area contributed by atoms with Crippen LogP contribution in [0, 0.1) is 0 Å². The molecule has 0 N–H and O–H groups in total. The van der Waals surface area contributed by atoms with Crippen LogP contribution in [0.5, 0.6) is 0 Å². The van der Waals surface area contributed by atoms with Crippen molar-refractivity contribution in [2.24, 2.45) is 0 Å². The van der Waals surface area contributed by atoms with E-state index in [4.69, 9.17) is 11.6 Å². The monoisotopic (exact) mass is 194 g/mol. The number of hydrogen-bond acceptors (Lipinski definition) is 1. The van der Waals surface area contributed by atoms with Gasteiger partial charge in [-0.1, -0.05) is 31.5 Å². The van der Waals surface area contributed by atoms with Crippen molar-refractivity contribution in [3.05, 3.63) is 35.1 Å². The highest BCUT2D eigenvalue weighted by Crippen LogP contribution is 2.27. The number of hydrogen-bond donors (Lipinski definition) is 0. The van der Waals surface area contributed by atoms with Crippen LogP contribution in [0.3, 0.4) is 0 Å². The zero-order chi connectivity index (χ0) is 9.42. The molecular formula is C10H11ClN2. The van der Waals surface area contributed by atoms with E-state index in [2.05, 4.69) is 18.9 Å². The van der Waals surface area contributed by atoms with Gasteiger partial charge < -0.3 is 0 Å². The van der Waals surface area contributed by atoms with Gasteiger partial charge in [0.15, 0.2) is 5.15 Å². The third-order valence-electron chi connectivity index (χ3n) is 2.11. The maximum atomic E-state index is 6.03. The number of halogens is 1. The molecule has 0 unspecified atom stereocenters. The standard InChI is InChI=1S/C10H11ClN2/c1-7(2)9-8-5-3-4-6-13(8)12-10(9)11/h3-7H,1-2H3. The molecule has 0 radical (unpaired) electrons. The number of aromatic nitrogens is 2. The zero-order valence-corrected chi connectivity index (χ0v) is 8.42. The molecular weight excluding hydrogens is 184 g/mol. The van der Waals surface area contributed by atoms with E-state index in [1.807, 2.05) is 28.9 Å². The van der Waals surface area contributed by atoms with E-state index in [0.29, 0.717) is 11.1 Å². The van der Waals surface area contributed by atoms with Gasteiger partial charge >= 0.3 is 0 Å². The van der Waals surface area contributed by atoms with Crippen LogP contribution in [0.2, 0.25) is 5.15 Å². The summed E-state index contributed by atoms with van der Waals surface area (Å²) in [4.78, 5) is 0. The van der Waals surface area contributed by atoms with E-state index >= 15 is 0 Å². The van der Waals surface area contributed by atoms with Crippen molar-refractivity contribution in [2.75, 3.05) is 0 Å². The summed E-state index contributed by atoms with van der Waals surface area (Å²) < 4.78 is 1.82. The molecule has 0 aliphatic rings. The first-order valence-electron chi connectivity index (χ1n) is 4.33. The smallest absolute Gasteiger partial charge is 0.155 e. The van der Waals surface area contributed by atoms with Crippen LogP contribution in [0.1, 0.15) is 25.3 Å². The van der Waals surface area contributed by atoms with Crippen molar-refractivity contribution in [3.63, 3.8) is 0 Å². The fraction of sp³-hybridized carbons (Fsp3) is 0.300. The quantitative estimate of drug-likeness (QED) is 0.682.